The van der Waals surface area contributed by atoms with Crippen LogP contribution in [0.4, 0.5) is 4.39 Å². The van der Waals surface area contributed by atoms with Crippen LogP contribution in [0.25, 0.3) is 0 Å². The molecule has 0 unspecified atom stereocenters. The Morgan fingerprint density at radius 2 is 2.27 bits per heavy atom. The monoisotopic (exact) mass is 205 g/mol. The van der Waals surface area contributed by atoms with E-state index in [0.717, 1.165) is 0 Å². The van der Waals surface area contributed by atoms with E-state index in [1.54, 1.807) is 6.07 Å². The number of ether oxygens (including phenoxy) is 1. The Balaban J connectivity index is 1.98. The fourth-order valence-corrected chi connectivity index (χ4v) is 1.55. The summed E-state index contributed by atoms with van der Waals surface area (Å²) in [5.41, 5.74) is 0.323. The number of rotatable bonds is 3. The zero-order valence-electron chi connectivity index (χ0n) is 8.37. The third-order valence-electron chi connectivity index (χ3n) is 2.76. The maximum absolute atomic E-state index is 13.3. The van der Waals surface area contributed by atoms with E-state index in [1.807, 2.05) is 6.07 Å². The molecule has 2 nitrogen and oxygen atoms in total. The molecule has 0 amide bonds. The van der Waals surface area contributed by atoms with Crippen molar-refractivity contribution in [2.75, 3.05) is 6.61 Å². The average Bonchev–Trinajstić information content (AvgIpc) is 2.18. The maximum atomic E-state index is 13.3. The highest BCUT2D eigenvalue weighted by molar-refractivity contribution is 5.35. The van der Waals surface area contributed by atoms with E-state index in [4.69, 9.17) is 10.00 Å². The first kappa shape index (κ1) is 9.97. The van der Waals surface area contributed by atoms with Gasteiger partial charge in [0.25, 0.3) is 0 Å². The Hall–Kier alpha value is -1.56. The van der Waals surface area contributed by atoms with Crippen molar-refractivity contribution in [2.45, 2.75) is 19.3 Å². The predicted octanol–water partition coefficient (Wildman–Crippen LogP) is 2.88. The summed E-state index contributed by atoms with van der Waals surface area (Å²) in [4.78, 5) is 0. The van der Waals surface area contributed by atoms with Crippen molar-refractivity contribution >= 4 is 0 Å². The number of nitriles is 1. The van der Waals surface area contributed by atoms with Crippen LogP contribution in [-0.4, -0.2) is 6.61 Å². The van der Waals surface area contributed by atoms with Crippen LogP contribution < -0.4 is 4.74 Å². The van der Waals surface area contributed by atoms with Gasteiger partial charge in [0, 0.05) is 0 Å². The molecule has 0 aliphatic heterocycles. The number of halogens is 1. The molecule has 2 rings (SSSR count). The molecule has 1 aromatic carbocycles. The standard InChI is InChI=1S/C12H12FNO/c13-11-6-10(7-14)4-5-12(11)15-8-9-2-1-3-9/h4-6,9H,1-3,8H2. The van der Waals surface area contributed by atoms with Crippen LogP contribution >= 0.6 is 0 Å². The van der Waals surface area contributed by atoms with E-state index >= 15 is 0 Å². The van der Waals surface area contributed by atoms with E-state index < -0.39 is 5.82 Å². The maximum Gasteiger partial charge on any atom is 0.166 e. The zero-order chi connectivity index (χ0) is 10.7. The topological polar surface area (TPSA) is 33.0 Å². The molecule has 0 spiro atoms. The molecule has 0 atom stereocenters. The molecule has 0 heterocycles. The number of nitrogens with zero attached hydrogens (tertiary/aromatic N) is 1. The van der Waals surface area contributed by atoms with Crippen molar-refractivity contribution in [1.29, 1.82) is 5.26 Å². The molecular formula is C12H12FNO. The predicted molar refractivity (Wildman–Crippen MR) is 54.0 cm³/mol. The third-order valence-corrected chi connectivity index (χ3v) is 2.76. The Bertz CT molecular complexity index is 393. The van der Waals surface area contributed by atoms with Crippen LogP contribution in [-0.2, 0) is 0 Å². The molecule has 0 radical (unpaired) electrons. The molecule has 1 saturated carbocycles. The van der Waals surface area contributed by atoms with E-state index in [0.29, 0.717) is 18.1 Å². The first-order valence-electron chi connectivity index (χ1n) is 5.12. The quantitative estimate of drug-likeness (QED) is 0.760. The van der Waals surface area contributed by atoms with Gasteiger partial charge in [0.05, 0.1) is 18.2 Å². The van der Waals surface area contributed by atoms with E-state index in [9.17, 15) is 4.39 Å². The van der Waals surface area contributed by atoms with Gasteiger partial charge in [-0.1, -0.05) is 6.42 Å². The number of hydrogen-bond donors (Lipinski definition) is 0. The normalized spacial score (nSPS) is 15.5. The molecule has 78 valence electrons. The molecular weight excluding hydrogens is 193 g/mol. The second-order valence-electron chi connectivity index (χ2n) is 3.86. The van der Waals surface area contributed by atoms with Crippen molar-refractivity contribution in [1.82, 2.24) is 0 Å². The highest BCUT2D eigenvalue weighted by Crippen LogP contribution is 2.27. The van der Waals surface area contributed by atoms with Crippen LogP contribution in [0.15, 0.2) is 18.2 Å². The smallest absolute Gasteiger partial charge is 0.166 e. The van der Waals surface area contributed by atoms with Gasteiger partial charge in [-0.3, -0.25) is 0 Å². The minimum Gasteiger partial charge on any atom is -0.490 e. The fraction of sp³-hybridized carbons (Fsp3) is 0.417. The van der Waals surface area contributed by atoms with Gasteiger partial charge in [0.15, 0.2) is 11.6 Å². The van der Waals surface area contributed by atoms with Gasteiger partial charge in [-0.25, -0.2) is 4.39 Å². The highest BCUT2D eigenvalue weighted by atomic mass is 19.1. The van der Waals surface area contributed by atoms with Gasteiger partial charge in [-0.15, -0.1) is 0 Å². The lowest BCUT2D eigenvalue weighted by Crippen LogP contribution is -2.19. The minimum atomic E-state index is -0.451. The van der Waals surface area contributed by atoms with Crippen molar-refractivity contribution in [3.8, 4) is 11.8 Å². The van der Waals surface area contributed by atoms with Crippen molar-refractivity contribution in [3.05, 3.63) is 29.6 Å². The average molecular weight is 205 g/mol. The van der Waals surface area contributed by atoms with Gasteiger partial charge in [-0.2, -0.15) is 5.26 Å². The molecule has 0 N–H and O–H groups in total. The Kier molecular flexibility index (Phi) is 2.86. The SMILES string of the molecule is N#Cc1ccc(OCC2CCC2)c(F)c1. The highest BCUT2D eigenvalue weighted by Gasteiger charge is 2.18. The van der Waals surface area contributed by atoms with Crippen LogP contribution in [0.1, 0.15) is 24.8 Å². The Morgan fingerprint density at radius 1 is 1.47 bits per heavy atom. The number of benzene rings is 1. The van der Waals surface area contributed by atoms with Gasteiger partial charge < -0.3 is 4.74 Å². The zero-order valence-corrected chi connectivity index (χ0v) is 8.37. The van der Waals surface area contributed by atoms with Crippen LogP contribution in [0, 0.1) is 23.1 Å². The second-order valence-corrected chi connectivity index (χ2v) is 3.86. The number of hydrogen-bond acceptors (Lipinski definition) is 2. The molecule has 0 aromatic heterocycles. The summed E-state index contributed by atoms with van der Waals surface area (Å²) in [6.07, 6.45) is 3.61. The van der Waals surface area contributed by atoms with Crippen LogP contribution in [0.3, 0.4) is 0 Å². The summed E-state index contributed by atoms with van der Waals surface area (Å²) < 4.78 is 18.7. The summed E-state index contributed by atoms with van der Waals surface area (Å²) in [7, 11) is 0. The molecule has 1 aromatic rings. The molecule has 0 bridgehead atoms. The van der Waals surface area contributed by atoms with Gasteiger partial charge in [-0.05, 0) is 37.0 Å². The summed E-state index contributed by atoms with van der Waals surface area (Å²) in [6.45, 7) is 0.586. The molecule has 0 saturated heterocycles. The lowest BCUT2D eigenvalue weighted by Gasteiger charge is -2.25. The van der Waals surface area contributed by atoms with Gasteiger partial charge in [0.2, 0.25) is 0 Å². The third kappa shape index (κ3) is 2.27. The van der Waals surface area contributed by atoms with E-state index in [2.05, 4.69) is 0 Å². The Morgan fingerprint density at radius 3 is 2.80 bits per heavy atom. The fourth-order valence-electron chi connectivity index (χ4n) is 1.55. The summed E-state index contributed by atoms with van der Waals surface area (Å²) in [5, 5.41) is 8.56. The summed E-state index contributed by atoms with van der Waals surface area (Å²) >= 11 is 0. The van der Waals surface area contributed by atoms with Gasteiger partial charge in [0.1, 0.15) is 0 Å². The molecule has 1 aliphatic rings. The molecule has 3 heteroatoms. The van der Waals surface area contributed by atoms with Gasteiger partial charge >= 0.3 is 0 Å². The molecule has 1 aliphatic carbocycles. The molecule has 15 heavy (non-hydrogen) atoms. The second kappa shape index (κ2) is 4.31. The minimum absolute atomic E-state index is 0.251. The summed E-state index contributed by atoms with van der Waals surface area (Å²) in [6, 6.07) is 6.18. The van der Waals surface area contributed by atoms with Crippen molar-refractivity contribution in [3.63, 3.8) is 0 Å². The first-order valence-corrected chi connectivity index (χ1v) is 5.12. The Labute approximate surface area is 88.3 Å². The lowest BCUT2D eigenvalue weighted by molar-refractivity contribution is 0.175. The van der Waals surface area contributed by atoms with E-state index in [-0.39, 0.29) is 5.75 Å². The van der Waals surface area contributed by atoms with Crippen LogP contribution in [0.2, 0.25) is 0 Å². The largest absolute Gasteiger partial charge is 0.490 e. The first-order chi connectivity index (χ1) is 7.29. The van der Waals surface area contributed by atoms with E-state index in [1.165, 1.54) is 31.4 Å². The van der Waals surface area contributed by atoms with Crippen LogP contribution in [0.5, 0.6) is 5.75 Å². The lowest BCUT2D eigenvalue weighted by atomic mass is 9.86. The van der Waals surface area contributed by atoms with Crippen molar-refractivity contribution in [2.24, 2.45) is 5.92 Å². The molecule has 1 fully saturated rings. The summed E-state index contributed by atoms with van der Waals surface area (Å²) in [5.74, 6) is 0.384. The van der Waals surface area contributed by atoms with Crippen molar-refractivity contribution < 1.29 is 9.13 Å².